The van der Waals surface area contributed by atoms with Gasteiger partial charge in [0.25, 0.3) is 0 Å². The highest BCUT2D eigenvalue weighted by Crippen LogP contribution is 2.38. The molecule has 0 amide bonds. The Bertz CT molecular complexity index is 397. The first-order valence-electron chi connectivity index (χ1n) is 4.40. The van der Waals surface area contributed by atoms with Crippen LogP contribution in [0, 0.1) is 0 Å². The van der Waals surface area contributed by atoms with Crippen molar-refractivity contribution in [2.24, 2.45) is 0 Å². The van der Waals surface area contributed by atoms with Crippen LogP contribution in [0.1, 0.15) is 35.4 Å². The third-order valence-electron chi connectivity index (χ3n) is 2.33. The minimum atomic E-state index is -0.442. The van der Waals surface area contributed by atoms with Crippen molar-refractivity contribution < 1.29 is 19.7 Å². The Balaban J connectivity index is 2.58. The number of cyclic esters (lactones) is 1. The fourth-order valence-electron chi connectivity index (χ4n) is 1.60. The van der Waals surface area contributed by atoms with Crippen LogP contribution < -0.4 is 0 Å². The third-order valence-corrected chi connectivity index (χ3v) is 2.33. The first kappa shape index (κ1) is 8.87. The van der Waals surface area contributed by atoms with Crippen molar-refractivity contribution >= 4 is 5.97 Å². The lowest BCUT2D eigenvalue weighted by molar-refractivity contribution is 0.0378. The van der Waals surface area contributed by atoms with E-state index >= 15 is 0 Å². The lowest BCUT2D eigenvalue weighted by atomic mass is 10.0. The number of benzene rings is 1. The van der Waals surface area contributed by atoms with E-state index in [1.165, 1.54) is 12.1 Å². The largest absolute Gasteiger partial charge is 0.504 e. The van der Waals surface area contributed by atoms with E-state index in [2.05, 4.69) is 0 Å². The molecule has 1 aromatic rings. The monoisotopic (exact) mass is 194 g/mol. The standard InChI is InChI=1S/C10H10O4/c1-2-9-5-3-7(11)8(12)4-6(5)10(13)14-9/h3-4,9,11-12H,2H2,1H3. The fourth-order valence-corrected chi connectivity index (χ4v) is 1.60. The molecule has 74 valence electrons. The molecule has 0 aromatic heterocycles. The first-order valence-corrected chi connectivity index (χ1v) is 4.40. The van der Waals surface area contributed by atoms with E-state index < -0.39 is 5.97 Å². The molecular formula is C10H10O4. The lowest BCUT2D eigenvalue weighted by Crippen LogP contribution is -1.96. The zero-order valence-electron chi connectivity index (χ0n) is 7.65. The Morgan fingerprint density at radius 3 is 2.64 bits per heavy atom. The quantitative estimate of drug-likeness (QED) is 0.527. The van der Waals surface area contributed by atoms with Gasteiger partial charge in [0.2, 0.25) is 0 Å². The van der Waals surface area contributed by atoms with Crippen LogP contribution in [0.5, 0.6) is 11.5 Å². The molecule has 14 heavy (non-hydrogen) atoms. The van der Waals surface area contributed by atoms with E-state index in [0.29, 0.717) is 17.5 Å². The number of aromatic hydroxyl groups is 2. The molecule has 1 atom stereocenters. The number of carbonyl (C=O) groups is 1. The minimum Gasteiger partial charge on any atom is -0.504 e. The number of carbonyl (C=O) groups excluding carboxylic acids is 1. The van der Waals surface area contributed by atoms with E-state index in [1.54, 1.807) is 0 Å². The highest BCUT2D eigenvalue weighted by atomic mass is 16.5. The van der Waals surface area contributed by atoms with Gasteiger partial charge in [-0.15, -0.1) is 0 Å². The van der Waals surface area contributed by atoms with Crippen molar-refractivity contribution in [1.29, 1.82) is 0 Å². The maximum Gasteiger partial charge on any atom is 0.339 e. The zero-order valence-corrected chi connectivity index (χ0v) is 7.65. The van der Waals surface area contributed by atoms with Crippen LogP contribution >= 0.6 is 0 Å². The first-order chi connectivity index (χ1) is 6.63. The molecule has 4 heteroatoms. The van der Waals surface area contributed by atoms with Gasteiger partial charge in [-0.25, -0.2) is 4.79 Å². The molecule has 4 nitrogen and oxygen atoms in total. The van der Waals surface area contributed by atoms with Crippen molar-refractivity contribution in [3.8, 4) is 11.5 Å². The average molecular weight is 194 g/mol. The summed E-state index contributed by atoms with van der Waals surface area (Å²) < 4.78 is 5.03. The molecular weight excluding hydrogens is 184 g/mol. The fraction of sp³-hybridized carbons (Fsp3) is 0.300. The summed E-state index contributed by atoms with van der Waals surface area (Å²) in [6.45, 7) is 1.89. The van der Waals surface area contributed by atoms with Gasteiger partial charge in [-0.2, -0.15) is 0 Å². The van der Waals surface area contributed by atoms with E-state index in [4.69, 9.17) is 4.74 Å². The number of hydrogen-bond donors (Lipinski definition) is 2. The molecule has 2 N–H and O–H groups in total. The van der Waals surface area contributed by atoms with Crippen molar-refractivity contribution in [3.05, 3.63) is 23.3 Å². The predicted octanol–water partition coefficient (Wildman–Crippen LogP) is 1.72. The molecule has 0 spiro atoms. The molecule has 0 saturated heterocycles. The summed E-state index contributed by atoms with van der Waals surface area (Å²) in [5, 5.41) is 18.5. The number of rotatable bonds is 1. The van der Waals surface area contributed by atoms with Gasteiger partial charge in [-0.3, -0.25) is 0 Å². The molecule has 1 aliphatic heterocycles. The van der Waals surface area contributed by atoms with Gasteiger partial charge >= 0.3 is 5.97 Å². The second-order valence-corrected chi connectivity index (χ2v) is 3.23. The Morgan fingerprint density at radius 2 is 2.00 bits per heavy atom. The van der Waals surface area contributed by atoms with Gasteiger partial charge < -0.3 is 14.9 Å². The summed E-state index contributed by atoms with van der Waals surface area (Å²) in [7, 11) is 0. The van der Waals surface area contributed by atoms with Crippen LogP contribution in [0.15, 0.2) is 12.1 Å². The SMILES string of the molecule is CCC1OC(=O)c2cc(O)c(O)cc21. The number of ether oxygens (including phenoxy) is 1. The molecule has 1 heterocycles. The normalized spacial score (nSPS) is 19.2. The summed E-state index contributed by atoms with van der Waals surface area (Å²) in [4.78, 5) is 11.3. The highest BCUT2D eigenvalue weighted by molar-refractivity contribution is 5.94. The summed E-state index contributed by atoms with van der Waals surface area (Å²) >= 11 is 0. The molecule has 0 fully saturated rings. The van der Waals surface area contributed by atoms with E-state index in [1.807, 2.05) is 6.92 Å². The van der Waals surface area contributed by atoms with Gasteiger partial charge in [0.05, 0.1) is 5.56 Å². The number of fused-ring (bicyclic) bond motifs is 1. The average Bonchev–Trinajstić information content (AvgIpc) is 2.45. The molecule has 0 aliphatic carbocycles. The van der Waals surface area contributed by atoms with Crippen LogP contribution in [0.3, 0.4) is 0 Å². The molecule has 1 aliphatic rings. The predicted molar refractivity (Wildman–Crippen MR) is 48.2 cm³/mol. The summed E-state index contributed by atoms with van der Waals surface area (Å²) in [5.41, 5.74) is 0.986. The van der Waals surface area contributed by atoms with Gasteiger partial charge in [-0.1, -0.05) is 6.92 Å². The van der Waals surface area contributed by atoms with Crippen LogP contribution in [-0.4, -0.2) is 16.2 Å². The maximum absolute atomic E-state index is 11.3. The lowest BCUT2D eigenvalue weighted by Gasteiger charge is -2.06. The van der Waals surface area contributed by atoms with Gasteiger partial charge in [0, 0.05) is 5.56 Å². The molecule has 0 saturated carbocycles. The zero-order chi connectivity index (χ0) is 10.3. The number of hydrogen-bond acceptors (Lipinski definition) is 4. The summed E-state index contributed by atoms with van der Waals surface area (Å²) in [5.74, 6) is -0.958. The van der Waals surface area contributed by atoms with Gasteiger partial charge in [0.15, 0.2) is 11.5 Å². The van der Waals surface area contributed by atoms with Gasteiger partial charge in [0.1, 0.15) is 6.10 Å². The Morgan fingerprint density at radius 1 is 1.36 bits per heavy atom. The minimum absolute atomic E-state index is 0.222. The van der Waals surface area contributed by atoms with Crippen LogP contribution in [0.25, 0.3) is 0 Å². The number of esters is 1. The maximum atomic E-state index is 11.3. The van der Waals surface area contributed by atoms with Crippen molar-refractivity contribution in [3.63, 3.8) is 0 Å². The van der Waals surface area contributed by atoms with E-state index in [9.17, 15) is 15.0 Å². The number of phenolic OH excluding ortho intramolecular Hbond substituents is 2. The molecule has 1 aromatic carbocycles. The molecule has 1 unspecified atom stereocenters. The molecule has 0 bridgehead atoms. The van der Waals surface area contributed by atoms with Crippen LogP contribution in [0.4, 0.5) is 0 Å². The molecule has 0 radical (unpaired) electrons. The van der Waals surface area contributed by atoms with E-state index in [-0.39, 0.29) is 17.6 Å². The Labute approximate surface area is 80.7 Å². The van der Waals surface area contributed by atoms with Gasteiger partial charge in [-0.05, 0) is 18.6 Å². The van der Waals surface area contributed by atoms with E-state index in [0.717, 1.165) is 0 Å². The Kier molecular flexibility index (Phi) is 1.84. The Hall–Kier alpha value is -1.71. The van der Waals surface area contributed by atoms with Crippen molar-refractivity contribution in [2.45, 2.75) is 19.4 Å². The smallest absolute Gasteiger partial charge is 0.339 e. The van der Waals surface area contributed by atoms with Crippen molar-refractivity contribution in [2.75, 3.05) is 0 Å². The van der Waals surface area contributed by atoms with Crippen LogP contribution in [0.2, 0.25) is 0 Å². The molecule has 2 rings (SSSR count). The van der Waals surface area contributed by atoms with Crippen LogP contribution in [-0.2, 0) is 4.74 Å². The highest BCUT2D eigenvalue weighted by Gasteiger charge is 2.31. The van der Waals surface area contributed by atoms with Crippen molar-refractivity contribution in [1.82, 2.24) is 0 Å². The topological polar surface area (TPSA) is 66.8 Å². The second kappa shape index (κ2) is 2.90. The summed E-state index contributed by atoms with van der Waals surface area (Å²) in [6, 6.07) is 2.62. The third kappa shape index (κ3) is 1.11. The number of phenols is 2. The second-order valence-electron chi connectivity index (χ2n) is 3.23. The summed E-state index contributed by atoms with van der Waals surface area (Å²) in [6.07, 6.45) is 0.354.